The van der Waals surface area contributed by atoms with Gasteiger partial charge in [-0.25, -0.2) is 9.97 Å². The summed E-state index contributed by atoms with van der Waals surface area (Å²) in [7, 11) is 0. The molecule has 0 radical (unpaired) electrons. The summed E-state index contributed by atoms with van der Waals surface area (Å²) in [5.74, 6) is -0.522. The minimum absolute atomic E-state index is 0.189. The number of alkyl halides is 4. The molecule has 0 fully saturated rings. The van der Waals surface area contributed by atoms with Gasteiger partial charge in [-0.1, -0.05) is 0 Å². The average molecular weight is 213 g/mol. The summed E-state index contributed by atoms with van der Waals surface area (Å²) in [6.45, 7) is 0. The Bertz CT molecular complexity index is 257. The van der Waals surface area contributed by atoms with Crippen molar-refractivity contribution in [3.05, 3.63) is 23.8 Å². The first kappa shape index (κ1) is 9.61. The molecule has 0 N–H and O–H groups in total. The Balaban J connectivity index is 2.93. The first-order chi connectivity index (χ1) is 5.54. The van der Waals surface area contributed by atoms with Crippen LogP contribution in [0.25, 0.3) is 0 Å². The van der Waals surface area contributed by atoms with Crippen LogP contribution in [0.4, 0.5) is 8.78 Å². The summed E-state index contributed by atoms with van der Waals surface area (Å²) >= 11 is 10.1. The second-order valence-electron chi connectivity index (χ2n) is 2.05. The van der Waals surface area contributed by atoms with Crippen LogP contribution in [-0.2, 0) is 11.3 Å². The van der Waals surface area contributed by atoms with Crippen LogP contribution in [0.5, 0.6) is 0 Å². The lowest BCUT2D eigenvalue weighted by Gasteiger charge is -2.04. The van der Waals surface area contributed by atoms with Crippen molar-refractivity contribution in [3.63, 3.8) is 0 Å². The van der Waals surface area contributed by atoms with Gasteiger partial charge in [-0.15, -0.1) is 11.6 Å². The van der Waals surface area contributed by atoms with E-state index < -0.39 is 11.2 Å². The Kier molecular flexibility index (Phi) is 2.80. The average Bonchev–Trinajstić information content (AvgIpc) is 2.03. The van der Waals surface area contributed by atoms with Crippen LogP contribution in [-0.4, -0.2) is 9.97 Å². The minimum atomic E-state index is -3.51. The molecular formula is C6H4Cl2F2N2. The third-order valence-corrected chi connectivity index (χ3v) is 1.59. The molecule has 0 amide bonds. The van der Waals surface area contributed by atoms with E-state index in [0.29, 0.717) is 5.56 Å². The lowest BCUT2D eigenvalue weighted by Crippen LogP contribution is -2.09. The maximum atomic E-state index is 12.3. The number of nitrogens with zero attached hydrogens (tertiary/aromatic N) is 2. The fourth-order valence-electron chi connectivity index (χ4n) is 0.570. The van der Waals surface area contributed by atoms with E-state index in [2.05, 4.69) is 21.6 Å². The molecule has 6 heteroatoms. The molecule has 0 spiro atoms. The van der Waals surface area contributed by atoms with Crippen LogP contribution in [0.1, 0.15) is 11.4 Å². The van der Waals surface area contributed by atoms with Gasteiger partial charge in [0.15, 0.2) is 0 Å². The number of rotatable bonds is 2. The predicted octanol–water partition coefficient (Wildman–Crippen LogP) is 2.50. The zero-order chi connectivity index (χ0) is 9.19. The highest BCUT2D eigenvalue weighted by atomic mass is 35.5. The molecule has 1 heterocycles. The number of hydrogen-bond donors (Lipinski definition) is 0. The summed E-state index contributed by atoms with van der Waals surface area (Å²) in [6.07, 6.45) is 2.43. The maximum Gasteiger partial charge on any atom is 0.381 e. The van der Waals surface area contributed by atoms with Gasteiger partial charge in [-0.3, -0.25) is 0 Å². The van der Waals surface area contributed by atoms with Crippen molar-refractivity contribution >= 4 is 23.2 Å². The molecule has 0 bridgehead atoms. The lowest BCUT2D eigenvalue weighted by molar-refractivity contribution is 0.0843. The van der Waals surface area contributed by atoms with E-state index >= 15 is 0 Å². The molecule has 0 atom stereocenters. The quantitative estimate of drug-likeness (QED) is 0.705. The van der Waals surface area contributed by atoms with E-state index in [1.54, 1.807) is 0 Å². The molecule has 1 aromatic heterocycles. The Morgan fingerprint density at radius 3 is 2.17 bits per heavy atom. The molecule has 12 heavy (non-hydrogen) atoms. The molecule has 0 aliphatic rings. The Labute approximate surface area is 77.5 Å². The van der Waals surface area contributed by atoms with Crippen LogP contribution >= 0.6 is 23.2 Å². The molecule has 2 nitrogen and oxygen atoms in total. The van der Waals surface area contributed by atoms with Gasteiger partial charge < -0.3 is 0 Å². The van der Waals surface area contributed by atoms with Crippen molar-refractivity contribution in [2.75, 3.05) is 0 Å². The predicted molar refractivity (Wildman–Crippen MR) is 41.3 cm³/mol. The molecule has 66 valence electrons. The van der Waals surface area contributed by atoms with Gasteiger partial charge in [0.25, 0.3) is 0 Å². The molecule has 0 aliphatic carbocycles. The molecule has 0 aromatic carbocycles. The standard InChI is InChI=1S/C6H4Cl2F2N2/c7-1-4-2-11-5(12-3-4)6(8,9)10/h2-3H,1H2. The zero-order valence-corrected chi connectivity index (χ0v) is 7.28. The van der Waals surface area contributed by atoms with Crippen molar-refractivity contribution in [1.29, 1.82) is 0 Å². The van der Waals surface area contributed by atoms with Crippen molar-refractivity contribution in [3.8, 4) is 0 Å². The molecule has 1 rings (SSSR count). The van der Waals surface area contributed by atoms with Crippen LogP contribution < -0.4 is 0 Å². The summed E-state index contributed by atoms with van der Waals surface area (Å²) in [6, 6.07) is 0. The van der Waals surface area contributed by atoms with Gasteiger partial charge in [0.1, 0.15) is 0 Å². The SMILES string of the molecule is FC(F)(Cl)c1ncc(CCl)cn1. The Morgan fingerprint density at radius 2 is 1.83 bits per heavy atom. The lowest BCUT2D eigenvalue weighted by atomic mass is 10.4. The van der Waals surface area contributed by atoms with E-state index in [-0.39, 0.29) is 5.88 Å². The smallest absolute Gasteiger partial charge is 0.234 e. The van der Waals surface area contributed by atoms with Gasteiger partial charge in [0, 0.05) is 18.0 Å². The van der Waals surface area contributed by atoms with Gasteiger partial charge in [-0.05, 0) is 11.6 Å². The minimum Gasteiger partial charge on any atom is -0.234 e. The van der Waals surface area contributed by atoms with Gasteiger partial charge in [-0.2, -0.15) is 8.78 Å². The normalized spacial score (nSPS) is 11.7. The highest BCUT2D eigenvalue weighted by molar-refractivity contribution is 6.21. The van der Waals surface area contributed by atoms with E-state index in [4.69, 9.17) is 11.6 Å². The second-order valence-corrected chi connectivity index (χ2v) is 2.79. The largest absolute Gasteiger partial charge is 0.381 e. The first-order valence-electron chi connectivity index (χ1n) is 2.98. The molecule has 0 aliphatic heterocycles. The molecule has 0 unspecified atom stereocenters. The second kappa shape index (κ2) is 3.49. The van der Waals surface area contributed by atoms with E-state index in [1.807, 2.05) is 0 Å². The van der Waals surface area contributed by atoms with Crippen molar-refractivity contribution in [2.24, 2.45) is 0 Å². The number of aromatic nitrogens is 2. The first-order valence-corrected chi connectivity index (χ1v) is 3.89. The zero-order valence-electron chi connectivity index (χ0n) is 5.77. The van der Waals surface area contributed by atoms with E-state index in [0.717, 1.165) is 0 Å². The molecular weight excluding hydrogens is 209 g/mol. The summed E-state index contributed by atoms with van der Waals surface area (Å²) in [5.41, 5.74) is 0.571. The van der Waals surface area contributed by atoms with Crippen LogP contribution in [0.15, 0.2) is 12.4 Å². The number of halogens is 4. The van der Waals surface area contributed by atoms with E-state index in [1.165, 1.54) is 12.4 Å². The summed E-state index contributed by atoms with van der Waals surface area (Å²) < 4.78 is 24.6. The van der Waals surface area contributed by atoms with Crippen molar-refractivity contribution in [1.82, 2.24) is 9.97 Å². The highest BCUT2D eigenvalue weighted by Crippen LogP contribution is 2.28. The Hall–Kier alpha value is -0.480. The third kappa shape index (κ3) is 2.25. The van der Waals surface area contributed by atoms with Crippen molar-refractivity contribution in [2.45, 2.75) is 11.3 Å². The Morgan fingerprint density at radius 1 is 1.33 bits per heavy atom. The van der Waals surface area contributed by atoms with Gasteiger partial charge in [0.2, 0.25) is 5.82 Å². The summed E-state index contributed by atoms with van der Waals surface area (Å²) in [4.78, 5) is 6.69. The third-order valence-electron chi connectivity index (χ3n) is 1.11. The topological polar surface area (TPSA) is 25.8 Å². The van der Waals surface area contributed by atoms with Gasteiger partial charge in [0.05, 0.1) is 5.88 Å². The monoisotopic (exact) mass is 212 g/mol. The molecule has 0 saturated heterocycles. The highest BCUT2D eigenvalue weighted by Gasteiger charge is 2.31. The number of hydrogen-bond acceptors (Lipinski definition) is 2. The van der Waals surface area contributed by atoms with Crippen LogP contribution in [0, 0.1) is 0 Å². The fraction of sp³-hybridized carbons (Fsp3) is 0.333. The fourth-order valence-corrected chi connectivity index (χ4v) is 0.806. The molecule has 0 saturated carbocycles. The van der Waals surface area contributed by atoms with Gasteiger partial charge >= 0.3 is 5.38 Å². The molecule has 1 aromatic rings. The van der Waals surface area contributed by atoms with Crippen LogP contribution in [0.3, 0.4) is 0 Å². The maximum absolute atomic E-state index is 12.3. The van der Waals surface area contributed by atoms with Crippen LogP contribution in [0.2, 0.25) is 0 Å². The summed E-state index contributed by atoms with van der Waals surface area (Å²) in [5, 5.41) is -3.51. The van der Waals surface area contributed by atoms with E-state index in [9.17, 15) is 8.78 Å². The van der Waals surface area contributed by atoms with Crippen molar-refractivity contribution < 1.29 is 8.78 Å².